The Hall–Kier alpha value is -2.22. The molecule has 0 aromatic carbocycles. The van der Waals surface area contributed by atoms with Crippen LogP contribution in [0.15, 0.2) is 23.0 Å². The van der Waals surface area contributed by atoms with E-state index in [1.165, 1.54) is 17.4 Å². The van der Waals surface area contributed by atoms with Gasteiger partial charge in [-0.2, -0.15) is 0 Å². The van der Waals surface area contributed by atoms with Gasteiger partial charge < -0.3 is 10.6 Å². The molecule has 0 bridgehead atoms. The summed E-state index contributed by atoms with van der Waals surface area (Å²) in [5.41, 5.74) is 2.72. The lowest BCUT2D eigenvalue weighted by molar-refractivity contribution is -0.384. The third-order valence-corrected chi connectivity index (χ3v) is 3.42. The summed E-state index contributed by atoms with van der Waals surface area (Å²) in [6.07, 6.45) is 1.67. The van der Waals surface area contributed by atoms with Gasteiger partial charge in [-0.1, -0.05) is 6.92 Å². The molecule has 0 spiro atoms. The normalized spacial score (nSPS) is 10.3. The van der Waals surface area contributed by atoms with Gasteiger partial charge in [0.2, 0.25) is 5.82 Å². The van der Waals surface area contributed by atoms with Crippen LogP contribution in [0, 0.1) is 10.1 Å². The van der Waals surface area contributed by atoms with Gasteiger partial charge in [-0.05, 0) is 12.5 Å². The Morgan fingerprint density at radius 2 is 2.19 bits per heavy atom. The van der Waals surface area contributed by atoms with Gasteiger partial charge in [0.15, 0.2) is 0 Å². The van der Waals surface area contributed by atoms with Gasteiger partial charge in [0, 0.05) is 31.0 Å². The maximum Gasteiger partial charge on any atom is 0.311 e. The van der Waals surface area contributed by atoms with Crippen molar-refractivity contribution in [3.05, 3.63) is 38.8 Å². The maximum absolute atomic E-state index is 11.0. The molecule has 0 saturated heterocycles. The highest BCUT2D eigenvalue weighted by Gasteiger charge is 2.15. The highest BCUT2D eigenvalue weighted by Crippen LogP contribution is 2.24. The van der Waals surface area contributed by atoms with E-state index in [1.54, 1.807) is 11.6 Å². The van der Waals surface area contributed by atoms with Crippen molar-refractivity contribution in [1.82, 2.24) is 9.97 Å². The van der Waals surface area contributed by atoms with Crippen molar-refractivity contribution in [2.75, 3.05) is 23.7 Å². The predicted molar refractivity (Wildman–Crippen MR) is 84.0 cm³/mol. The Morgan fingerprint density at radius 1 is 1.33 bits per heavy atom. The maximum atomic E-state index is 11.0. The fourth-order valence-electron chi connectivity index (χ4n) is 1.75. The van der Waals surface area contributed by atoms with Crippen LogP contribution in [-0.4, -0.2) is 28.0 Å². The van der Waals surface area contributed by atoms with Gasteiger partial charge in [-0.25, -0.2) is 9.97 Å². The van der Waals surface area contributed by atoms with E-state index in [0.717, 1.165) is 18.7 Å². The number of nitrogens with zero attached hydrogens (tertiary/aromatic N) is 3. The van der Waals surface area contributed by atoms with E-state index in [-0.39, 0.29) is 11.5 Å². The summed E-state index contributed by atoms with van der Waals surface area (Å²) in [4.78, 5) is 19.0. The monoisotopic (exact) mass is 307 g/mol. The molecule has 2 aromatic rings. The zero-order chi connectivity index (χ0) is 15.1. The summed E-state index contributed by atoms with van der Waals surface area (Å²) in [5, 5.41) is 19.1. The molecule has 7 nitrogen and oxygen atoms in total. The number of rotatable bonds is 8. The van der Waals surface area contributed by atoms with E-state index in [2.05, 4.69) is 20.6 Å². The van der Waals surface area contributed by atoms with E-state index in [1.807, 2.05) is 12.3 Å². The number of nitro groups is 1. The minimum absolute atomic E-state index is 0.0182. The fourth-order valence-corrected chi connectivity index (χ4v) is 2.34. The molecule has 2 aromatic heterocycles. The van der Waals surface area contributed by atoms with Crippen LogP contribution in [-0.2, 0) is 6.42 Å². The predicted octanol–water partition coefficient (Wildman–Crippen LogP) is 2.92. The molecule has 0 aliphatic heterocycles. The first-order valence-electron chi connectivity index (χ1n) is 6.71. The van der Waals surface area contributed by atoms with Crippen molar-refractivity contribution in [1.29, 1.82) is 0 Å². The van der Waals surface area contributed by atoms with Gasteiger partial charge in [-0.15, -0.1) is 11.3 Å². The van der Waals surface area contributed by atoms with Gasteiger partial charge in [0.1, 0.15) is 5.82 Å². The molecule has 112 valence electrons. The minimum atomic E-state index is -0.429. The Morgan fingerprint density at radius 3 is 2.86 bits per heavy atom. The van der Waals surface area contributed by atoms with Gasteiger partial charge in [0.25, 0.3) is 0 Å². The first kappa shape index (κ1) is 15.2. The molecule has 0 radical (unpaired) electrons. The summed E-state index contributed by atoms with van der Waals surface area (Å²) in [7, 11) is 0. The quantitative estimate of drug-likeness (QED) is 0.575. The minimum Gasteiger partial charge on any atom is -0.370 e. The molecule has 21 heavy (non-hydrogen) atoms. The Kier molecular flexibility index (Phi) is 5.44. The Labute approximate surface area is 126 Å². The molecule has 2 rings (SSSR count). The molecule has 0 saturated carbocycles. The van der Waals surface area contributed by atoms with Crippen LogP contribution in [0.3, 0.4) is 0 Å². The number of pyridine rings is 1. The number of hydrogen-bond donors (Lipinski definition) is 2. The lowest BCUT2D eigenvalue weighted by Crippen LogP contribution is -2.10. The fraction of sp³-hybridized carbons (Fsp3) is 0.385. The Bertz CT molecular complexity index is 588. The second-order valence-corrected chi connectivity index (χ2v) is 5.12. The average molecular weight is 307 g/mol. The molecular formula is C13H17N5O2S. The van der Waals surface area contributed by atoms with Crippen LogP contribution in [0.5, 0.6) is 0 Å². The zero-order valence-corrected chi connectivity index (χ0v) is 12.5. The van der Waals surface area contributed by atoms with Crippen LogP contribution in [0.2, 0.25) is 0 Å². The number of nitrogens with one attached hydrogen (secondary N) is 2. The van der Waals surface area contributed by atoms with Crippen LogP contribution in [0.1, 0.15) is 19.0 Å². The summed E-state index contributed by atoms with van der Waals surface area (Å²) in [5.74, 6) is 0.926. The molecule has 2 N–H and O–H groups in total. The lowest BCUT2D eigenvalue weighted by atomic mass is 10.3. The van der Waals surface area contributed by atoms with Crippen LogP contribution in [0.25, 0.3) is 0 Å². The van der Waals surface area contributed by atoms with Crippen molar-refractivity contribution in [3.63, 3.8) is 0 Å². The van der Waals surface area contributed by atoms with Gasteiger partial charge in [-0.3, -0.25) is 10.1 Å². The molecule has 0 fully saturated rings. The third-order valence-electron chi connectivity index (χ3n) is 2.78. The first-order chi connectivity index (χ1) is 10.2. The largest absolute Gasteiger partial charge is 0.370 e. The molecule has 0 amide bonds. The highest BCUT2D eigenvalue weighted by atomic mass is 32.1. The van der Waals surface area contributed by atoms with E-state index < -0.39 is 4.92 Å². The molecule has 8 heteroatoms. The number of anilines is 2. The Balaban J connectivity index is 2.04. The first-order valence-corrected chi connectivity index (χ1v) is 7.65. The van der Waals surface area contributed by atoms with E-state index in [0.29, 0.717) is 18.8 Å². The van der Waals surface area contributed by atoms with Crippen molar-refractivity contribution in [2.24, 2.45) is 0 Å². The zero-order valence-electron chi connectivity index (χ0n) is 11.7. The second-order valence-electron chi connectivity index (χ2n) is 4.40. The lowest BCUT2D eigenvalue weighted by Gasteiger charge is -2.08. The molecule has 0 aliphatic rings. The summed E-state index contributed by atoms with van der Waals surface area (Å²) < 4.78 is 0. The number of aromatic nitrogens is 2. The topological polar surface area (TPSA) is 93.0 Å². The summed E-state index contributed by atoms with van der Waals surface area (Å²) >= 11 is 1.53. The van der Waals surface area contributed by atoms with Crippen molar-refractivity contribution < 1.29 is 4.92 Å². The standard InChI is InChI=1S/C13H17N5O2S/c1-2-6-14-12-4-3-11(18(19)20)13(17-12)15-7-5-10-8-21-9-16-10/h3-4,8-9H,2,5-7H2,1H3,(H2,14,15,17). The highest BCUT2D eigenvalue weighted by molar-refractivity contribution is 7.07. The SMILES string of the molecule is CCCNc1ccc([N+](=O)[O-])c(NCCc2cscn2)n1. The van der Waals surface area contributed by atoms with E-state index in [4.69, 9.17) is 0 Å². The summed E-state index contributed by atoms with van der Waals surface area (Å²) in [6, 6.07) is 3.09. The second kappa shape index (κ2) is 7.53. The van der Waals surface area contributed by atoms with Crippen molar-refractivity contribution in [2.45, 2.75) is 19.8 Å². The van der Waals surface area contributed by atoms with Crippen LogP contribution in [0.4, 0.5) is 17.3 Å². The van der Waals surface area contributed by atoms with E-state index in [9.17, 15) is 10.1 Å². The van der Waals surface area contributed by atoms with Gasteiger partial charge >= 0.3 is 5.69 Å². The van der Waals surface area contributed by atoms with E-state index >= 15 is 0 Å². The number of hydrogen-bond acceptors (Lipinski definition) is 7. The molecule has 0 unspecified atom stereocenters. The molecule has 0 atom stereocenters. The van der Waals surface area contributed by atoms with Crippen LogP contribution < -0.4 is 10.6 Å². The molecular weight excluding hydrogens is 290 g/mol. The third kappa shape index (κ3) is 4.38. The van der Waals surface area contributed by atoms with Crippen molar-refractivity contribution >= 4 is 28.7 Å². The van der Waals surface area contributed by atoms with Gasteiger partial charge in [0.05, 0.1) is 16.1 Å². The van der Waals surface area contributed by atoms with Crippen LogP contribution >= 0.6 is 11.3 Å². The molecule has 0 aliphatic carbocycles. The summed E-state index contributed by atoms with van der Waals surface area (Å²) in [6.45, 7) is 3.38. The smallest absolute Gasteiger partial charge is 0.311 e. The number of thiazole rings is 1. The van der Waals surface area contributed by atoms with Crippen molar-refractivity contribution in [3.8, 4) is 0 Å². The average Bonchev–Trinajstić information content (AvgIpc) is 2.98. The molecule has 2 heterocycles.